The quantitative estimate of drug-likeness (QED) is 0.0324. The van der Waals surface area contributed by atoms with Gasteiger partial charge in [-0.25, -0.2) is 0 Å². The van der Waals surface area contributed by atoms with Crippen LogP contribution in [0.15, 0.2) is 24.3 Å². The van der Waals surface area contributed by atoms with Crippen LogP contribution < -0.4 is 5.32 Å². The fourth-order valence-corrected chi connectivity index (χ4v) is 7.65. The number of aliphatic hydroxyl groups is 2. The summed E-state index contributed by atoms with van der Waals surface area (Å²) in [5.74, 6) is -0.487. The average molecular weight is 804 g/mol. The van der Waals surface area contributed by atoms with Crippen molar-refractivity contribution in [3.8, 4) is 0 Å². The molecule has 0 saturated heterocycles. The van der Waals surface area contributed by atoms with Crippen LogP contribution in [0.1, 0.15) is 265 Å². The van der Waals surface area contributed by atoms with E-state index >= 15 is 0 Å². The molecule has 0 radical (unpaired) electrons. The largest absolute Gasteiger partial charge is 0.462 e. The van der Waals surface area contributed by atoms with Gasteiger partial charge in [0.1, 0.15) is 6.10 Å². The molecule has 0 aliphatic carbocycles. The molecule has 57 heavy (non-hydrogen) atoms. The summed E-state index contributed by atoms with van der Waals surface area (Å²) < 4.78 is 5.91. The van der Waals surface area contributed by atoms with Gasteiger partial charge in [0.05, 0.1) is 25.2 Å². The van der Waals surface area contributed by atoms with Gasteiger partial charge in [-0.3, -0.25) is 9.59 Å². The number of nitrogens with one attached hydrogen (secondary N) is 1. The molecule has 3 N–H and O–H groups in total. The van der Waals surface area contributed by atoms with Gasteiger partial charge in [-0.05, 0) is 77.0 Å². The third kappa shape index (κ3) is 40.9. The maximum absolute atomic E-state index is 13.1. The summed E-state index contributed by atoms with van der Waals surface area (Å²) >= 11 is 0. The second-order valence-corrected chi connectivity index (χ2v) is 17.2. The molecule has 0 fully saturated rings. The smallest absolute Gasteiger partial charge is 0.306 e. The van der Waals surface area contributed by atoms with Crippen molar-refractivity contribution in [2.24, 2.45) is 0 Å². The summed E-state index contributed by atoms with van der Waals surface area (Å²) in [6.45, 7) is 6.44. The van der Waals surface area contributed by atoms with E-state index in [2.05, 4.69) is 50.4 Å². The van der Waals surface area contributed by atoms with Gasteiger partial charge in [0.2, 0.25) is 5.91 Å². The molecule has 0 aromatic heterocycles. The van der Waals surface area contributed by atoms with Crippen LogP contribution in [0.25, 0.3) is 0 Å². The van der Waals surface area contributed by atoms with Crippen LogP contribution >= 0.6 is 0 Å². The summed E-state index contributed by atoms with van der Waals surface area (Å²) in [6, 6.07) is -0.702. The van der Waals surface area contributed by atoms with E-state index in [0.29, 0.717) is 19.3 Å². The molecule has 0 aliphatic rings. The van der Waals surface area contributed by atoms with Crippen molar-refractivity contribution in [2.75, 3.05) is 6.61 Å². The van der Waals surface area contributed by atoms with Gasteiger partial charge in [-0.2, -0.15) is 0 Å². The Morgan fingerprint density at radius 3 is 1.32 bits per heavy atom. The minimum Gasteiger partial charge on any atom is -0.462 e. The van der Waals surface area contributed by atoms with Gasteiger partial charge >= 0.3 is 5.97 Å². The number of aliphatic hydroxyl groups excluding tert-OH is 2. The molecule has 0 aromatic carbocycles. The molecule has 3 atom stereocenters. The van der Waals surface area contributed by atoms with Crippen molar-refractivity contribution < 1.29 is 24.5 Å². The maximum atomic E-state index is 13.1. The Labute approximate surface area is 354 Å². The van der Waals surface area contributed by atoms with Gasteiger partial charge < -0.3 is 20.3 Å². The van der Waals surface area contributed by atoms with Crippen molar-refractivity contribution >= 4 is 11.9 Å². The van der Waals surface area contributed by atoms with E-state index in [9.17, 15) is 19.8 Å². The molecule has 0 heterocycles. The molecule has 6 nitrogen and oxygen atoms in total. The molecule has 0 aromatic rings. The second-order valence-electron chi connectivity index (χ2n) is 17.2. The molecule has 336 valence electrons. The zero-order valence-corrected chi connectivity index (χ0v) is 38.2. The average Bonchev–Trinajstić information content (AvgIpc) is 3.20. The number of esters is 1. The zero-order valence-electron chi connectivity index (χ0n) is 38.2. The summed E-state index contributed by atoms with van der Waals surface area (Å²) in [5.41, 5.74) is 0. The fraction of sp³-hybridized carbons (Fsp3) is 0.882. The van der Waals surface area contributed by atoms with Crippen LogP contribution in [-0.2, 0) is 14.3 Å². The normalized spacial score (nSPS) is 13.4. The Morgan fingerprint density at radius 1 is 0.491 bits per heavy atom. The van der Waals surface area contributed by atoms with Crippen LogP contribution in [0.4, 0.5) is 0 Å². The molecular formula is C51H97NO5. The highest BCUT2D eigenvalue weighted by Gasteiger charge is 2.24. The number of carbonyl (C=O) groups is 2. The topological polar surface area (TPSA) is 95.9 Å². The summed E-state index contributed by atoms with van der Waals surface area (Å²) in [6.07, 6.45) is 50.9. The second kappa shape index (κ2) is 45.4. The Hall–Kier alpha value is -1.66. The molecule has 0 aliphatic heterocycles. The Kier molecular flexibility index (Phi) is 44.1. The first-order valence-corrected chi connectivity index (χ1v) is 25.1. The minimum absolute atomic E-state index is 0.0685. The van der Waals surface area contributed by atoms with E-state index in [1.165, 1.54) is 154 Å². The lowest BCUT2D eigenvalue weighted by Crippen LogP contribution is -2.46. The molecule has 0 rings (SSSR count). The van der Waals surface area contributed by atoms with Crippen LogP contribution in [-0.4, -0.2) is 46.9 Å². The lowest BCUT2D eigenvalue weighted by Gasteiger charge is -2.24. The van der Waals surface area contributed by atoms with Crippen LogP contribution in [0.5, 0.6) is 0 Å². The number of carbonyl (C=O) groups excluding carboxylic acids is 2. The van der Waals surface area contributed by atoms with Gasteiger partial charge in [-0.15, -0.1) is 0 Å². The van der Waals surface area contributed by atoms with Crippen LogP contribution in [0.3, 0.4) is 0 Å². The number of allylic oxidation sites excluding steroid dienone is 4. The number of unbranched alkanes of at least 4 members (excludes halogenated alkanes) is 29. The molecular weight excluding hydrogens is 707 g/mol. The minimum atomic E-state index is -0.787. The molecule has 0 bridgehead atoms. The number of hydrogen-bond donors (Lipinski definition) is 3. The number of amides is 1. The molecule has 0 spiro atoms. The first-order valence-electron chi connectivity index (χ1n) is 25.1. The predicted octanol–water partition coefficient (Wildman–Crippen LogP) is 14.7. The Balaban J connectivity index is 4.51. The van der Waals surface area contributed by atoms with E-state index in [-0.39, 0.29) is 24.9 Å². The summed E-state index contributed by atoms with van der Waals surface area (Å²) in [4.78, 5) is 26.0. The van der Waals surface area contributed by atoms with Gasteiger partial charge in [0.25, 0.3) is 0 Å². The standard InChI is InChI=1S/C51H97NO5/c1-4-7-10-13-16-19-22-24-25-27-29-32-35-38-41-44-51(56)57-47(42-39-36-33-30-21-18-15-12-9-6-3)45-50(55)52-48(46-53)49(54)43-40-37-34-31-28-26-23-20-17-14-11-8-5-2/h18-19,21-22,47-49,53-54H,4-17,20,23-46H2,1-3H3,(H,52,55)/b21-18-,22-19-. The highest BCUT2D eigenvalue weighted by Crippen LogP contribution is 2.17. The van der Waals surface area contributed by atoms with Crippen molar-refractivity contribution in [3.05, 3.63) is 24.3 Å². The van der Waals surface area contributed by atoms with Crippen molar-refractivity contribution in [1.82, 2.24) is 5.32 Å². The van der Waals surface area contributed by atoms with E-state index < -0.39 is 18.2 Å². The van der Waals surface area contributed by atoms with Crippen LogP contribution in [0, 0.1) is 0 Å². The van der Waals surface area contributed by atoms with E-state index in [1.807, 2.05) is 0 Å². The third-order valence-corrected chi connectivity index (χ3v) is 11.5. The lowest BCUT2D eigenvalue weighted by atomic mass is 10.0. The van der Waals surface area contributed by atoms with Gasteiger partial charge in [0, 0.05) is 6.42 Å². The fourth-order valence-electron chi connectivity index (χ4n) is 7.65. The Morgan fingerprint density at radius 2 is 0.842 bits per heavy atom. The zero-order chi connectivity index (χ0) is 41.7. The maximum Gasteiger partial charge on any atom is 0.306 e. The van der Waals surface area contributed by atoms with E-state index in [1.54, 1.807) is 0 Å². The predicted molar refractivity (Wildman–Crippen MR) is 246 cm³/mol. The van der Waals surface area contributed by atoms with Gasteiger partial charge in [0.15, 0.2) is 0 Å². The lowest BCUT2D eigenvalue weighted by molar-refractivity contribution is -0.151. The van der Waals surface area contributed by atoms with E-state index in [0.717, 1.165) is 64.2 Å². The van der Waals surface area contributed by atoms with Gasteiger partial charge in [-0.1, -0.05) is 199 Å². The Bertz CT molecular complexity index is 904. The highest BCUT2D eigenvalue weighted by atomic mass is 16.5. The summed E-state index contributed by atoms with van der Waals surface area (Å²) in [5, 5.41) is 23.7. The monoisotopic (exact) mass is 804 g/mol. The summed E-state index contributed by atoms with van der Waals surface area (Å²) in [7, 11) is 0. The number of ether oxygens (including phenoxy) is 1. The molecule has 1 amide bonds. The van der Waals surface area contributed by atoms with Crippen LogP contribution in [0.2, 0.25) is 0 Å². The highest BCUT2D eigenvalue weighted by molar-refractivity contribution is 5.77. The first kappa shape index (κ1) is 55.3. The van der Waals surface area contributed by atoms with Crippen molar-refractivity contribution in [2.45, 2.75) is 283 Å². The molecule has 0 saturated carbocycles. The molecule has 6 heteroatoms. The number of hydrogen-bond acceptors (Lipinski definition) is 5. The third-order valence-electron chi connectivity index (χ3n) is 11.5. The first-order chi connectivity index (χ1) is 28.0. The molecule has 3 unspecified atom stereocenters. The van der Waals surface area contributed by atoms with E-state index in [4.69, 9.17) is 4.74 Å². The van der Waals surface area contributed by atoms with Crippen molar-refractivity contribution in [1.29, 1.82) is 0 Å². The SMILES string of the molecule is CCCCC/C=C\CCCCCC(CC(=O)NC(CO)C(O)CCCCCCCCCCCCCCC)OC(=O)CCCCCCCCC/C=C\CCCCCC. The number of rotatable bonds is 45. The van der Waals surface area contributed by atoms with Crippen molar-refractivity contribution in [3.63, 3.8) is 0 Å².